The largest absolute Gasteiger partial charge is 0.416 e. The van der Waals surface area contributed by atoms with Crippen LogP contribution in [0, 0.1) is 5.92 Å². The molecule has 0 bridgehead atoms. The number of morpholine rings is 1. The fraction of sp³-hybridized carbons (Fsp3) is 0.579. The minimum atomic E-state index is -4.41. The Balaban J connectivity index is 0.00000160. The smallest absolute Gasteiger partial charge is 0.375 e. The number of rotatable bonds is 3. The predicted octanol–water partition coefficient (Wildman–Crippen LogP) is 3.21. The monoisotopic (exact) mass is 468 g/mol. The molecule has 4 rings (SSSR count). The third-order valence-corrected chi connectivity index (χ3v) is 5.72. The summed E-state index contributed by atoms with van der Waals surface area (Å²) in [6, 6.07) is 3.70. The van der Waals surface area contributed by atoms with Crippen molar-refractivity contribution in [3.8, 4) is 0 Å². The van der Waals surface area contributed by atoms with Crippen LogP contribution in [0.5, 0.6) is 0 Å². The van der Waals surface area contributed by atoms with Gasteiger partial charge >= 0.3 is 6.18 Å². The summed E-state index contributed by atoms with van der Waals surface area (Å²) in [6.45, 7) is 1.69. The normalized spacial score (nSPS) is 23.8. The van der Waals surface area contributed by atoms with E-state index < -0.39 is 11.7 Å². The van der Waals surface area contributed by atoms with Gasteiger partial charge in [0.2, 0.25) is 5.91 Å². The molecule has 2 aromatic rings. The van der Waals surface area contributed by atoms with Crippen molar-refractivity contribution in [3.63, 3.8) is 0 Å². The molecule has 2 N–H and O–H groups in total. The second-order valence-corrected chi connectivity index (χ2v) is 7.49. The first kappa shape index (κ1) is 24.7. The molecule has 1 aliphatic heterocycles. The van der Waals surface area contributed by atoms with Crippen molar-refractivity contribution < 1.29 is 22.7 Å². The number of hydrogen-bond acceptors (Lipinski definition) is 4. The van der Waals surface area contributed by atoms with Gasteiger partial charge in [-0.1, -0.05) is 0 Å². The second-order valence-electron chi connectivity index (χ2n) is 7.49. The SMILES string of the molecule is Cl.Cl.Cn1c(CNC(=O)[C@H]2CC[C@H]3OCCN[C@@H]3C2)nc2cc(C(F)(F)F)ccc21. The Morgan fingerprint density at radius 1 is 1.33 bits per heavy atom. The molecule has 168 valence electrons. The van der Waals surface area contributed by atoms with Crippen molar-refractivity contribution >= 4 is 41.8 Å². The predicted molar refractivity (Wildman–Crippen MR) is 111 cm³/mol. The maximum atomic E-state index is 12.9. The molecule has 0 unspecified atom stereocenters. The molecule has 0 radical (unpaired) electrons. The number of imidazole rings is 1. The van der Waals surface area contributed by atoms with E-state index >= 15 is 0 Å². The van der Waals surface area contributed by atoms with Gasteiger partial charge in [-0.25, -0.2) is 4.98 Å². The zero-order chi connectivity index (χ0) is 19.9. The number of ether oxygens (including phenoxy) is 1. The zero-order valence-corrected chi connectivity index (χ0v) is 18.0. The van der Waals surface area contributed by atoms with Crippen molar-refractivity contribution in [2.45, 2.75) is 44.1 Å². The molecule has 1 aromatic carbocycles. The van der Waals surface area contributed by atoms with Crippen LogP contribution in [-0.4, -0.2) is 40.8 Å². The molecule has 6 nitrogen and oxygen atoms in total. The molecule has 11 heteroatoms. The minimum absolute atomic E-state index is 0. The van der Waals surface area contributed by atoms with Crippen LogP contribution in [0.1, 0.15) is 30.7 Å². The lowest BCUT2D eigenvalue weighted by atomic mass is 9.82. The number of carbonyl (C=O) groups excluding carboxylic acids is 1. The number of aromatic nitrogens is 2. The highest BCUT2D eigenvalue weighted by molar-refractivity contribution is 5.85. The van der Waals surface area contributed by atoms with Gasteiger partial charge in [-0.15, -0.1) is 24.8 Å². The molecule has 0 spiro atoms. The summed E-state index contributed by atoms with van der Waals surface area (Å²) < 4.78 is 46.1. The number of halogens is 5. The molecular weight excluding hydrogens is 444 g/mol. The van der Waals surface area contributed by atoms with E-state index in [-0.39, 0.29) is 60.8 Å². The van der Waals surface area contributed by atoms with Gasteiger partial charge in [-0.05, 0) is 37.5 Å². The van der Waals surface area contributed by atoms with Gasteiger partial charge in [0.15, 0.2) is 0 Å². The van der Waals surface area contributed by atoms with E-state index in [0.29, 0.717) is 17.9 Å². The number of nitrogens with one attached hydrogen (secondary N) is 2. The van der Waals surface area contributed by atoms with Crippen LogP contribution in [0.15, 0.2) is 18.2 Å². The van der Waals surface area contributed by atoms with Crippen LogP contribution in [-0.2, 0) is 29.3 Å². The van der Waals surface area contributed by atoms with Gasteiger partial charge in [0, 0.05) is 25.6 Å². The summed E-state index contributed by atoms with van der Waals surface area (Å²) >= 11 is 0. The van der Waals surface area contributed by atoms with Crippen LogP contribution in [0.2, 0.25) is 0 Å². The fourth-order valence-corrected chi connectivity index (χ4v) is 4.14. The van der Waals surface area contributed by atoms with Crippen molar-refractivity contribution in [2.75, 3.05) is 13.2 Å². The molecule has 1 saturated carbocycles. The molecule has 2 aliphatic rings. The quantitative estimate of drug-likeness (QED) is 0.725. The second kappa shape index (κ2) is 9.72. The van der Waals surface area contributed by atoms with E-state index in [2.05, 4.69) is 15.6 Å². The lowest BCUT2D eigenvalue weighted by Gasteiger charge is -2.39. The molecule has 2 fully saturated rings. The van der Waals surface area contributed by atoms with Gasteiger partial charge in [-0.3, -0.25) is 4.79 Å². The van der Waals surface area contributed by atoms with Crippen molar-refractivity contribution in [1.82, 2.24) is 20.2 Å². The Morgan fingerprint density at radius 2 is 2.10 bits per heavy atom. The molecule has 3 atom stereocenters. The summed E-state index contributed by atoms with van der Waals surface area (Å²) in [5.74, 6) is 0.381. The average Bonchev–Trinajstić information content (AvgIpc) is 3.00. The first-order valence-electron chi connectivity index (χ1n) is 9.48. The van der Waals surface area contributed by atoms with Crippen LogP contribution in [0.3, 0.4) is 0 Å². The van der Waals surface area contributed by atoms with Crippen LogP contribution < -0.4 is 10.6 Å². The third-order valence-electron chi connectivity index (χ3n) is 5.72. The Kier molecular flexibility index (Phi) is 8.01. The number of benzene rings is 1. The van der Waals surface area contributed by atoms with Crippen molar-refractivity contribution in [2.24, 2.45) is 13.0 Å². The van der Waals surface area contributed by atoms with E-state index in [1.54, 1.807) is 11.6 Å². The number of nitrogens with zero attached hydrogens (tertiary/aromatic N) is 2. The Hall–Kier alpha value is -1.55. The number of fused-ring (bicyclic) bond motifs is 2. The van der Waals surface area contributed by atoms with Gasteiger partial charge in [0.25, 0.3) is 0 Å². The topological polar surface area (TPSA) is 68.2 Å². The number of aryl methyl sites for hydroxylation is 1. The Bertz CT molecular complexity index is 891. The molecule has 2 heterocycles. The number of amides is 1. The van der Waals surface area contributed by atoms with Crippen LogP contribution in [0.25, 0.3) is 11.0 Å². The first-order chi connectivity index (χ1) is 13.3. The first-order valence-corrected chi connectivity index (χ1v) is 9.48. The molecule has 1 aromatic heterocycles. The van der Waals surface area contributed by atoms with E-state index in [9.17, 15) is 18.0 Å². The highest BCUT2D eigenvalue weighted by Crippen LogP contribution is 2.31. The lowest BCUT2D eigenvalue weighted by molar-refractivity contribution is -0.137. The fourth-order valence-electron chi connectivity index (χ4n) is 4.14. The zero-order valence-electron chi connectivity index (χ0n) is 16.4. The van der Waals surface area contributed by atoms with Gasteiger partial charge in [-0.2, -0.15) is 13.2 Å². The highest BCUT2D eigenvalue weighted by atomic mass is 35.5. The summed E-state index contributed by atoms with van der Waals surface area (Å²) in [5, 5.41) is 6.31. The van der Waals surface area contributed by atoms with E-state index in [4.69, 9.17) is 4.74 Å². The number of hydrogen-bond donors (Lipinski definition) is 2. The lowest BCUT2D eigenvalue weighted by Crippen LogP contribution is -2.53. The standard InChI is InChI=1S/C19H23F3N4O2.2ClH/c1-26-15-4-3-12(19(20,21)22)9-13(15)25-17(26)10-24-18(27)11-2-5-16-14(8-11)23-6-7-28-16;;/h3-4,9,11,14,16,23H,2,5-8,10H2,1H3,(H,24,27);2*1H/t11-,14+,16+;;/m0../s1. The summed E-state index contributed by atoms with van der Waals surface area (Å²) in [4.78, 5) is 16.9. The van der Waals surface area contributed by atoms with Crippen LogP contribution in [0.4, 0.5) is 13.2 Å². The number of alkyl halides is 3. The highest BCUT2D eigenvalue weighted by Gasteiger charge is 2.36. The molecule has 1 aliphatic carbocycles. The van der Waals surface area contributed by atoms with Gasteiger partial charge < -0.3 is 19.9 Å². The molecular formula is C19H25Cl2F3N4O2. The van der Waals surface area contributed by atoms with Crippen molar-refractivity contribution in [1.29, 1.82) is 0 Å². The van der Waals surface area contributed by atoms with E-state index in [1.807, 2.05) is 0 Å². The third kappa shape index (κ3) is 5.01. The summed E-state index contributed by atoms with van der Waals surface area (Å²) in [5.41, 5.74) is 0.139. The maximum absolute atomic E-state index is 12.9. The summed E-state index contributed by atoms with van der Waals surface area (Å²) in [7, 11) is 1.73. The molecule has 30 heavy (non-hydrogen) atoms. The number of carbonyl (C=O) groups is 1. The maximum Gasteiger partial charge on any atom is 0.416 e. The van der Waals surface area contributed by atoms with Gasteiger partial charge in [0.05, 0.1) is 35.9 Å². The van der Waals surface area contributed by atoms with E-state index in [0.717, 1.165) is 37.9 Å². The average molecular weight is 469 g/mol. The minimum Gasteiger partial charge on any atom is -0.375 e. The van der Waals surface area contributed by atoms with Crippen molar-refractivity contribution in [3.05, 3.63) is 29.6 Å². The Labute approximate surface area is 184 Å². The molecule has 1 amide bonds. The summed E-state index contributed by atoms with van der Waals surface area (Å²) in [6.07, 6.45) is -1.88. The van der Waals surface area contributed by atoms with Gasteiger partial charge in [0.1, 0.15) is 5.82 Å². The van der Waals surface area contributed by atoms with Crippen LogP contribution >= 0.6 is 24.8 Å². The van der Waals surface area contributed by atoms with E-state index in [1.165, 1.54) is 6.07 Å². The Morgan fingerprint density at radius 3 is 2.83 bits per heavy atom. The molecule has 1 saturated heterocycles.